The van der Waals surface area contributed by atoms with Crippen LogP contribution in [0.5, 0.6) is 0 Å². The number of carbonyl (C=O) groups excluding carboxylic acids is 2. The highest BCUT2D eigenvalue weighted by Gasteiger charge is 2.15. The largest absolute Gasteiger partial charge is 0.345 e. The molecule has 0 atom stereocenters. The van der Waals surface area contributed by atoms with Gasteiger partial charge in [0, 0.05) is 11.3 Å². The Bertz CT molecular complexity index is 1210. The zero-order chi connectivity index (χ0) is 21.6. The first-order chi connectivity index (χ1) is 15.2. The van der Waals surface area contributed by atoms with Crippen LogP contribution >= 0.6 is 0 Å². The number of carbonyl (C=O) groups is 2. The summed E-state index contributed by atoms with van der Waals surface area (Å²) in [6.45, 7) is 2.39. The highest BCUT2D eigenvalue weighted by Crippen LogP contribution is 2.18. The van der Waals surface area contributed by atoms with Gasteiger partial charge >= 0.3 is 0 Å². The first-order valence-corrected chi connectivity index (χ1v) is 10.3. The number of hydrogen-bond acceptors (Lipinski definition) is 3. The van der Waals surface area contributed by atoms with E-state index < -0.39 is 0 Å². The third kappa shape index (κ3) is 4.64. The fourth-order valence-electron chi connectivity index (χ4n) is 3.57. The first kappa shape index (κ1) is 20.3. The van der Waals surface area contributed by atoms with E-state index in [4.69, 9.17) is 0 Å². The van der Waals surface area contributed by atoms with E-state index in [-0.39, 0.29) is 24.9 Å². The molecule has 6 heteroatoms. The molecule has 2 N–H and O–H groups in total. The quantitative estimate of drug-likeness (QED) is 0.478. The maximum absolute atomic E-state index is 12.9. The molecule has 0 unspecified atom stereocenters. The summed E-state index contributed by atoms with van der Waals surface area (Å²) >= 11 is 0. The standard InChI is InChI=1S/C25H24N4O2/c1-2-18-10-6-7-13-20(18)28-24(30)17-29-22-15-9-8-14-21(22)27-23(29)16-26-25(31)19-11-4-3-5-12-19/h3-15H,2,16-17H2,1H3,(H,26,31)(H,28,30). The van der Waals surface area contributed by atoms with E-state index in [0.29, 0.717) is 11.4 Å². The van der Waals surface area contributed by atoms with Gasteiger partial charge in [-0.1, -0.05) is 55.5 Å². The highest BCUT2D eigenvalue weighted by atomic mass is 16.2. The highest BCUT2D eigenvalue weighted by molar-refractivity contribution is 5.94. The van der Waals surface area contributed by atoms with Crippen LogP contribution in [0.25, 0.3) is 11.0 Å². The van der Waals surface area contributed by atoms with Crippen LogP contribution in [0.2, 0.25) is 0 Å². The summed E-state index contributed by atoms with van der Waals surface area (Å²) in [7, 11) is 0. The fourth-order valence-corrected chi connectivity index (χ4v) is 3.57. The molecular weight excluding hydrogens is 388 g/mol. The van der Waals surface area contributed by atoms with Gasteiger partial charge in [-0.2, -0.15) is 0 Å². The van der Waals surface area contributed by atoms with Crippen LogP contribution in [0.15, 0.2) is 78.9 Å². The molecule has 1 heterocycles. The zero-order valence-electron chi connectivity index (χ0n) is 17.3. The maximum Gasteiger partial charge on any atom is 0.251 e. The molecular formula is C25H24N4O2. The van der Waals surface area contributed by atoms with Crippen molar-refractivity contribution in [3.63, 3.8) is 0 Å². The Kier molecular flexibility index (Phi) is 6.08. The van der Waals surface area contributed by atoms with Gasteiger partial charge in [0.05, 0.1) is 17.6 Å². The molecule has 0 fully saturated rings. The van der Waals surface area contributed by atoms with Gasteiger partial charge in [-0.25, -0.2) is 4.98 Å². The number of rotatable bonds is 7. The Morgan fingerprint density at radius 1 is 0.903 bits per heavy atom. The number of benzene rings is 3. The Labute approximate surface area is 180 Å². The number of para-hydroxylation sites is 3. The average molecular weight is 412 g/mol. The predicted octanol–water partition coefficient (Wildman–Crippen LogP) is 4.17. The lowest BCUT2D eigenvalue weighted by Gasteiger charge is -2.13. The van der Waals surface area contributed by atoms with Crippen LogP contribution in [-0.4, -0.2) is 21.4 Å². The van der Waals surface area contributed by atoms with Crippen molar-refractivity contribution >= 4 is 28.5 Å². The molecule has 0 bridgehead atoms. The van der Waals surface area contributed by atoms with Crippen LogP contribution in [0, 0.1) is 0 Å². The summed E-state index contributed by atoms with van der Waals surface area (Å²) in [5, 5.41) is 5.91. The third-order valence-electron chi connectivity index (χ3n) is 5.15. The van der Waals surface area contributed by atoms with Crippen molar-refractivity contribution in [1.82, 2.24) is 14.9 Å². The van der Waals surface area contributed by atoms with Gasteiger partial charge in [0.15, 0.2) is 0 Å². The van der Waals surface area contributed by atoms with Crippen molar-refractivity contribution < 1.29 is 9.59 Å². The summed E-state index contributed by atoms with van der Waals surface area (Å²) in [4.78, 5) is 29.9. The number of hydrogen-bond donors (Lipinski definition) is 2. The summed E-state index contributed by atoms with van der Waals surface area (Å²) in [5.74, 6) is 0.310. The molecule has 2 amide bonds. The van der Waals surface area contributed by atoms with E-state index in [1.54, 1.807) is 12.1 Å². The Hall–Kier alpha value is -3.93. The molecule has 0 aliphatic rings. The minimum Gasteiger partial charge on any atom is -0.345 e. The third-order valence-corrected chi connectivity index (χ3v) is 5.15. The van der Waals surface area contributed by atoms with E-state index in [0.717, 1.165) is 28.7 Å². The summed E-state index contributed by atoms with van der Waals surface area (Å²) < 4.78 is 1.85. The number of aromatic nitrogens is 2. The number of nitrogens with one attached hydrogen (secondary N) is 2. The van der Waals surface area contributed by atoms with E-state index in [2.05, 4.69) is 22.5 Å². The van der Waals surface area contributed by atoms with Crippen LogP contribution in [0.3, 0.4) is 0 Å². The predicted molar refractivity (Wildman–Crippen MR) is 122 cm³/mol. The molecule has 0 aliphatic heterocycles. The lowest BCUT2D eigenvalue weighted by molar-refractivity contribution is -0.116. The molecule has 0 radical (unpaired) electrons. The van der Waals surface area contributed by atoms with Gasteiger partial charge in [0.1, 0.15) is 12.4 Å². The minimum absolute atomic E-state index is 0.106. The minimum atomic E-state index is -0.180. The smallest absolute Gasteiger partial charge is 0.251 e. The van der Waals surface area contributed by atoms with Crippen molar-refractivity contribution in [2.75, 3.05) is 5.32 Å². The van der Waals surface area contributed by atoms with Crippen LogP contribution in [-0.2, 0) is 24.3 Å². The number of amides is 2. The molecule has 3 aromatic carbocycles. The van der Waals surface area contributed by atoms with Gasteiger partial charge in [-0.15, -0.1) is 0 Å². The molecule has 4 aromatic rings. The number of fused-ring (bicyclic) bond motifs is 1. The Morgan fingerprint density at radius 2 is 1.61 bits per heavy atom. The average Bonchev–Trinajstić information content (AvgIpc) is 3.15. The van der Waals surface area contributed by atoms with E-state index in [9.17, 15) is 9.59 Å². The molecule has 156 valence electrons. The number of aryl methyl sites for hydroxylation is 1. The molecule has 31 heavy (non-hydrogen) atoms. The lowest BCUT2D eigenvalue weighted by atomic mass is 10.1. The lowest BCUT2D eigenvalue weighted by Crippen LogP contribution is -2.26. The van der Waals surface area contributed by atoms with Crippen molar-refractivity contribution in [3.8, 4) is 0 Å². The monoisotopic (exact) mass is 412 g/mol. The first-order valence-electron chi connectivity index (χ1n) is 10.3. The van der Waals surface area contributed by atoms with Gasteiger partial charge in [0.25, 0.3) is 5.91 Å². The second-order valence-corrected chi connectivity index (χ2v) is 7.21. The topological polar surface area (TPSA) is 76.0 Å². The molecule has 6 nitrogen and oxygen atoms in total. The summed E-state index contributed by atoms with van der Waals surface area (Å²) in [6.07, 6.45) is 0.835. The number of nitrogens with zero attached hydrogens (tertiary/aromatic N) is 2. The van der Waals surface area contributed by atoms with Gasteiger partial charge in [-0.3, -0.25) is 9.59 Å². The SMILES string of the molecule is CCc1ccccc1NC(=O)Cn1c(CNC(=O)c2ccccc2)nc2ccccc21. The number of imidazole rings is 1. The van der Waals surface area contributed by atoms with Crippen molar-refractivity contribution in [2.24, 2.45) is 0 Å². The maximum atomic E-state index is 12.9. The molecule has 0 spiro atoms. The molecule has 1 aromatic heterocycles. The van der Waals surface area contributed by atoms with Crippen molar-refractivity contribution in [1.29, 1.82) is 0 Å². The molecule has 0 aliphatic carbocycles. The molecule has 0 saturated carbocycles. The van der Waals surface area contributed by atoms with Gasteiger partial charge in [0.2, 0.25) is 5.91 Å². The van der Waals surface area contributed by atoms with Crippen molar-refractivity contribution in [3.05, 3.63) is 95.8 Å². The Balaban J connectivity index is 1.55. The molecule has 0 saturated heterocycles. The number of anilines is 1. The normalized spacial score (nSPS) is 10.7. The van der Waals surface area contributed by atoms with Gasteiger partial charge in [-0.05, 0) is 42.3 Å². The summed E-state index contributed by atoms with van der Waals surface area (Å²) in [5.41, 5.74) is 4.12. The van der Waals surface area contributed by atoms with E-state index in [1.165, 1.54) is 0 Å². The van der Waals surface area contributed by atoms with Crippen LogP contribution in [0.4, 0.5) is 5.69 Å². The van der Waals surface area contributed by atoms with Crippen LogP contribution in [0.1, 0.15) is 28.7 Å². The second-order valence-electron chi connectivity index (χ2n) is 7.21. The van der Waals surface area contributed by atoms with Gasteiger partial charge < -0.3 is 15.2 Å². The van der Waals surface area contributed by atoms with E-state index in [1.807, 2.05) is 71.3 Å². The van der Waals surface area contributed by atoms with Crippen LogP contribution < -0.4 is 10.6 Å². The molecule has 4 rings (SSSR count). The Morgan fingerprint density at radius 3 is 2.42 bits per heavy atom. The second kappa shape index (κ2) is 9.26. The van der Waals surface area contributed by atoms with E-state index >= 15 is 0 Å². The zero-order valence-corrected chi connectivity index (χ0v) is 17.3. The fraction of sp³-hybridized carbons (Fsp3) is 0.160. The van der Waals surface area contributed by atoms with Crippen molar-refractivity contribution in [2.45, 2.75) is 26.4 Å². The summed E-state index contributed by atoms with van der Waals surface area (Å²) in [6, 6.07) is 24.5.